The number of hydrogen-bond acceptors (Lipinski definition) is 4. The van der Waals surface area contributed by atoms with Gasteiger partial charge in [0.15, 0.2) is 5.82 Å². The van der Waals surface area contributed by atoms with Crippen molar-refractivity contribution in [1.82, 2.24) is 14.8 Å². The summed E-state index contributed by atoms with van der Waals surface area (Å²) in [7, 11) is 0. The van der Waals surface area contributed by atoms with E-state index < -0.39 is 6.10 Å². The lowest BCUT2D eigenvalue weighted by atomic mass is 9.96. The number of ether oxygens (including phenoxy) is 1. The molecule has 5 nitrogen and oxygen atoms in total. The van der Waals surface area contributed by atoms with E-state index in [1.807, 2.05) is 13.8 Å². The Morgan fingerprint density at radius 1 is 1.41 bits per heavy atom. The number of hydrogen-bond donors (Lipinski definition) is 1. The minimum absolute atomic E-state index is 0.0648. The second-order valence-corrected chi connectivity index (χ2v) is 5.58. The highest BCUT2D eigenvalue weighted by Gasteiger charge is 2.19. The first-order chi connectivity index (χ1) is 7.79. The van der Waals surface area contributed by atoms with Crippen molar-refractivity contribution in [3.8, 4) is 0 Å². The molecule has 0 aromatic carbocycles. The van der Waals surface area contributed by atoms with Gasteiger partial charge in [0.2, 0.25) is 0 Å². The molecule has 1 unspecified atom stereocenters. The van der Waals surface area contributed by atoms with Crippen molar-refractivity contribution in [2.75, 3.05) is 6.61 Å². The molecule has 1 N–H and O–H groups in total. The minimum Gasteiger partial charge on any atom is -0.389 e. The lowest BCUT2D eigenvalue weighted by molar-refractivity contribution is -0.00211. The Morgan fingerprint density at radius 3 is 2.53 bits per heavy atom. The number of aliphatic hydroxyl groups excluding tert-OH is 1. The van der Waals surface area contributed by atoms with Gasteiger partial charge in [-0.1, -0.05) is 20.8 Å². The van der Waals surface area contributed by atoms with Crippen LogP contribution in [0.3, 0.4) is 0 Å². The van der Waals surface area contributed by atoms with E-state index in [1.165, 1.54) is 0 Å². The van der Waals surface area contributed by atoms with Gasteiger partial charge in [-0.3, -0.25) is 0 Å². The lowest BCUT2D eigenvalue weighted by Crippen LogP contribution is -2.24. The Kier molecular flexibility index (Phi) is 4.65. The van der Waals surface area contributed by atoms with Crippen LogP contribution in [0, 0.1) is 0 Å². The third-order valence-electron chi connectivity index (χ3n) is 2.23. The van der Waals surface area contributed by atoms with Crippen molar-refractivity contribution in [1.29, 1.82) is 0 Å². The van der Waals surface area contributed by atoms with Crippen LogP contribution in [-0.2, 0) is 16.7 Å². The Labute approximate surface area is 103 Å². The van der Waals surface area contributed by atoms with Gasteiger partial charge in [-0.05, 0) is 13.8 Å². The van der Waals surface area contributed by atoms with Gasteiger partial charge < -0.3 is 9.84 Å². The molecule has 98 valence electrons. The first-order valence-corrected chi connectivity index (χ1v) is 5.98. The standard InChI is InChI=1S/C12H23N3O2/c1-9(2)17-7-10(16)6-15-8-13-11(14-15)12(3,4)5/h8-10,16H,6-7H2,1-5H3. The number of aliphatic hydroxyl groups is 1. The summed E-state index contributed by atoms with van der Waals surface area (Å²) in [6.45, 7) is 10.8. The van der Waals surface area contributed by atoms with E-state index in [0.29, 0.717) is 13.2 Å². The number of nitrogens with zero attached hydrogens (tertiary/aromatic N) is 3. The largest absolute Gasteiger partial charge is 0.389 e. The monoisotopic (exact) mass is 241 g/mol. The fourth-order valence-electron chi connectivity index (χ4n) is 1.30. The maximum atomic E-state index is 9.75. The van der Waals surface area contributed by atoms with Crippen LogP contribution in [0.1, 0.15) is 40.4 Å². The van der Waals surface area contributed by atoms with Crippen molar-refractivity contribution in [3.05, 3.63) is 12.2 Å². The molecule has 1 rings (SSSR count). The van der Waals surface area contributed by atoms with Crippen LogP contribution in [-0.4, -0.2) is 38.7 Å². The van der Waals surface area contributed by atoms with Crippen LogP contribution < -0.4 is 0 Å². The summed E-state index contributed by atoms with van der Waals surface area (Å²) in [6, 6.07) is 0. The van der Waals surface area contributed by atoms with Crippen LogP contribution >= 0.6 is 0 Å². The first-order valence-electron chi connectivity index (χ1n) is 5.98. The van der Waals surface area contributed by atoms with Gasteiger partial charge in [-0.2, -0.15) is 5.10 Å². The first kappa shape index (κ1) is 14.1. The zero-order valence-electron chi connectivity index (χ0n) is 11.3. The molecule has 1 aromatic heterocycles. The molecule has 0 saturated heterocycles. The smallest absolute Gasteiger partial charge is 0.155 e. The molecule has 0 bridgehead atoms. The van der Waals surface area contributed by atoms with Crippen molar-refractivity contribution in [2.45, 2.75) is 58.8 Å². The van der Waals surface area contributed by atoms with E-state index in [9.17, 15) is 5.11 Å². The molecule has 0 aliphatic heterocycles. The van der Waals surface area contributed by atoms with E-state index in [0.717, 1.165) is 5.82 Å². The summed E-state index contributed by atoms with van der Waals surface area (Å²) in [5.74, 6) is 0.787. The van der Waals surface area contributed by atoms with Gasteiger partial charge in [0.1, 0.15) is 6.33 Å². The Hall–Kier alpha value is -0.940. The molecule has 5 heteroatoms. The fourth-order valence-corrected chi connectivity index (χ4v) is 1.30. The van der Waals surface area contributed by atoms with E-state index >= 15 is 0 Å². The highest BCUT2D eigenvalue weighted by atomic mass is 16.5. The van der Waals surface area contributed by atoms with E-state index in [-0.39, 0.29) is 11.5 Å². The molecule has 0 spiro atoms. The molecule has 0 radical (unpaired) electrons. The highest BCUT2D eigenvalue weighted by Crippen LogP contribution is 2.16. The Balaban J connectivity index is 2.49. The second kappa shape index (κ2) is 5.60. The van der Waals surface area contributed by atoms with Crippen LogP contribution in [0.15, 0.2) is 6.33 Å². The molecule has 1 heterocycles. The van der Waals surface area contributed by atoms with Crippen LogP contribution in [0.5, 0.6) is 0 Å². The Morgan fingerprint density at radius 2 is 2.06 bits per heavy atom. The number of aromatic nitrogens is 3. The molecule has 0 aliphatic carbocycles. The summed E-state index contributed by atoms with van der Waals surface area (Å²) in [5, 5.41) is 14.1. The third-order valence-corrected chi connectivity index (χ3v) is 2.23. The Bertz CT molecular complexity index is 342. The zero-order chi connectivity index (χ0) is 13.1. The SMILES string of the molecule is CC(C)OCC(O)Cn1cnc(C(C)(C)C)n1. The highest BCUT2D eigenvalue weighted by molar-refractivity contribution is 4.98. The maximum Gasteiger partial charge on any atom is 0.155 e. The topological polar surface area (TPSA) is 60.2 Å². The molecular formula is C12H23N3O2. The number of rotatable bonds is 5. The maximum absolute atomic E-state index is 9.75. The molecular weight excluding hydrogens is 218 g/mol. The van der Waals surface area contributed by atoms with Crippen LogP contribution in [0.4, 0.5) is 0 Å². The normalized spacial score (nSPS) is 14.3. The minimum atomic E-state index is -0.549. The molecule has 0 amide bonds. The zero-order valence-corrected chi connectivity index (χ0v) is 11.3. The summed E-state index contributed by atoms with van der Waals surface area (Å²) in [6.07, 6.45) is 1.23. The molecule has 17 heavy (non-hydrogen) atoms. The van der Waals surface area contributed by atoms with Gasteiger partial charge >= 0.3 is 0 Å². The van der Waals surface area contributed by atoms with Gasteiger partial charge in [-0.15, -0.1) is 0 Å². The molecule has 0 saturated carbocycles. The van der Waals surface area contributed by atoms with Crippen molar-refractivity contribution < 1.29 is 9.84 Å². The third kappa shape index (κ3) is 4.83. The summed E-state index contributed by atoms with van der Waals surface area (Å²) in [4.78, 5) is 4.24. The predicted molar refractivity (Wildman–Crippen MR) is 65.8 cm³/mol. The average molecular weight is 241 g/mol. The van der Waals surface area contributed by atoms with Crippen molar-refractivity contribution in [3.63, 3.8) is 0 Å². The van der Waals surface area contributed by atoms with Gasteiger partial charge in [0.05, 0.1) is 25.4 Å². The average Bonchev–Trinajstić information content (AvgIpc) is 2.62. The van der Waals surface area contributed by atoms with E-state index in [1.54, 1.807) is 11.0 Å². The van der Waals surface area contributed by atoms with Crippen molar-refractivity contribution in [2.24, 2.45) is 0 Å². The molecule has 1 aromatic rings. The van der Waals surface area contributed by atoms with Crippen LogP contribution in [0.25, 0.3) is 0 Å². The molecule has 1 atom stereocenters. The summed E-state index contributed by atoms with van der Waals surface area (Å²) >= 11 is 0. The lowest BCUT2D eigenvalue weighted by Gasteiger charge is -2.14. The van der Waals surface area contributed by atoms with Gasteiger partial charge in [0, 0.05) is 5.41 Å². The predicted octanol–water partition coefficient (Wildman–Crippen LogP) is 1.36. The quantitative estimate of drug-likeness (QED) is 0.845. The van der Waals surface area contributed by atoms with Crippen molar-refractivity contribution >= 4 is 0 Å². The van der Waals surface area contributed by atoms with E-state index in [4.69, 9.17) is 4.74 Å². The molecule has 0 aliphatic rings. The summed E-state index contributed by atoms with van der Waals surface area (Å²) in [5.41, 5.74) is -0.0648. The fraction of sp³-hybridized carbons (Fsp3) is 0.833. The van der Waals surface area contributed by atoms with Crippen LogP contribution in [0.2, 0.25) is 0 Å². The second-order valence-electron chi connectivity index (χ2n) is 5.58. The van der Waals surface area contributed by atoms with E-state index in [2.05, 4.69) is 30.9 Å². The van der Waals surface area contributed by atoms with Gasteiger partial charge in [0.25, 0.3) is 0 Å². The van der Waals surface area contributed by atoms with Gasteiger partial charge in [-0.25, -0.2) is 9.67 Å². The molecule has 0 fully saturated rings. The summed E-state index contributed by atoms with van der Waals surface area (Å²) < 4.78 is 7.00.